The summed E-state index contributed by atoms with van der Waals surface area (Å²) in [5.41, 5.74) is 0. The second kappa shape index (κ2) is 5.72. The third kappa shape index (κ3) is 2.96. The molecule has 2 rings (SSSR count). The highest BCUT2D eigenvalue weighted by Gasteiger charge is 2.45. The SMILES string of the molecule is OC[C@H]1O[C@H](O)[C@H](Oc2cccc(O)c2)[C@@H](O)[C@@H]1O. The highest BCUT2D eigenvalue weighted by atomic mass is 16.7. The van der Waals surface area contributed by atoms with Gasteiger partial charge in [-0.15, -0.1) is 0 Å². The molecule has 7 heteroatoms. The lowest BCUT2D eigenvalue weighted by molar-refractivity contribution is -0.280. The van der Waals surface area contributed by atoms with Crippen LogP contribution in [-0.4, -0.2) is 62.8 Å². The average Bonchev–Trinajstić information content (AvgIpc) is 2.39. The first-order valence-electron chi connectivity index (χ1n) is 5.79. The Morgan fingerprint density at radius 3 is 2.53 bits per heavy atom. The number of rotatable bonds is 3. The first-order valence-corrected chi connectivity index (χ1v) is 5.79. The number of hydrogen-bond acceptors (Lipinski definition) is 7. The number of aliphatic hydroxyl groups is 4. The highest BCUT2D eigenvalue weighted by molar-refractivity contribution is 5.32. The molecule has 0 bridgehead atoms. The Bertz CT molecular complexity index is 424. The zero-order valence-corrected chi connectivity index (χ0v) is 9.96. The van der Waals surface area contributed by atoms with Gasteiger partial charge in [0.15, 0.2) is 12.4 Å². The van der Waals surface area contributed by atoms with Crippen LogP contribution < -0.4 is 4.74 Å². The summed E-state index contributed by atoms with van der Waals surface area (Å²) < 4.78 is 10.2. The Morgan fingerprint density at radius 2 is 1.89 bits per heavy atom. The fourth-order valence-corrected chi connectivity index (χ4v) is 1.91. The van der Waals surface area contributed by atoms with Crippen molar-refractivity contribution in [3.63, 3.8) is 0 Å². The minimum absolute atomic E-state index is 0.0352. The Morgan fingerprint density at radius 1 is 1.16 bits per heavy atom. The van der Waals surface area contributed by atoms with Gasteiger partial charge in [-0.2, -0.15) is 0 Å². The van der Waals surface area contributed by atoms with E-state index < -0.39 is 37.3 Å². The molecule has 19 heavy (non-hydrogen) atoms. The third-order valence-electron chi connectivity index (χ3n) is 2.93. The van der Waals surface area contributed by atoms with Crippen LogP contribution in [0.4, 0.5) is 0 Å². The minimum Gasteiger partial charge on any atom is -0.508 e. The molecule has 0 spiro atoms. The van der Waals surface area contributed by atoms with Gasteiger partial charge in [-0.25, -0.2) is 0 Å². The summed E-state index contributed by atoms with van der Waals surface area (Å²) in [5.74, 6) is 0.174. The molecule has 1 heterocycles. The molecule has 1 aliphatic rings. The maximum atomic E-state index is 9.85. The summed E-state index contributed by atoms with van der Waals surface area (Å²) in [6.07, 6.45) is -6.61. The van der Waals surface area contributed by atoms with Crippen LogP contribution in [0.3, 0.4) is 0 Å². The molecule has 1 fully saturated rings. The molecule has 5 N–H and O–H groups in total. The first-order chi connectivity index (χ1) is 9.02. The van der Waals surface area contributed by atoms with Crippen molar-refractivity contribution in [1.82, 2.24) is 0 Å². The standard InChI is InChI=1S/C12H16O7/c13-5-8-9(15)10(16)11(12(17)19-8)18-7-3-1-2-6(14)4-7/h1-4,8-17H,5H2/t8-,9-,10+,11-,12+/m1/s1. The van der Waals surface area contributed by atoms with E-state index in [2.05, 4.69) is 0 Å². The summed E-state index contributed by atoms with van der Waals surface area (Å²) >= 11 is 0. The molecule has 5 atom stereocenters. The van der Waals surface area contributed by atoms with Gasteiger partial charge < -0.3 is 35.0 Å². The Balaban J connectivity index is 2.11. The van der Waals surface area contributed by atoms with Crippen LogP contribution in [0.5, 0.6) is 11.5 Å². The van der Waals surface area contributed by atoms with Crippen molar-refractivity contribution in [3.05, 3.63) is 24.3 Å². The van der Waals surface area contributed by atoms with Gasteiger partial charge in [0.05, 0.1) is 6.61 Å². The van der Waals surface area contributed by atoms with E-state index >= 15 is 0 Å². The molecule has 106 valence electrons. The van der Waals surface area contributed by atoms with Gasteiger partial charge in [0.2, 0.25) is 0 Å². The zero-order chi connectivity index (χ0) is 14.0. The van der Waals surface area contributed by atoms with Crippen LogP contribution >= 0.6 is 0 Å². The molecule has 1 aromatic carbocycles. The van der Waals surface area contributed by atoms with E-state index in [1.165, 1.54) is 24.3 Å². The first kappa shape index (κ1) is 14.0. The van der Waals surface area contributed by atoms with Crippen LogP contribution in [0.1, 0.15) is 0 Å². The monoisotopic (exact) mass is 272 g/mol. The van der Waals surface area contributed by atoms with Gasteiger partial charge in [-0.05, 0) is 12.1 Å². The van der Waals surface area contributed by atoms with Crippen molar-refractivity contribution >= 4 is 0 Å². The predicted molar refractivity (Wildman–Crippen MR) is 62.5 cm³/mol. The van der Waals surface area contributed by atoms with E-state index in [0.29, 0.717) is 0 Å². The van der Waals surface area contributed by atoms with Crippen LogP contribution in [0.15, 0.2) is 24.3 Å². The second-order valence-electron chi connectivity index (χ2n) is 4.31. The fraction of sp³-hybridized carbons (Fsp3) is 0.500. The molecule has 0 aliphatic carbocycles. The van der Waals surface area contributed by atoms with E-state index in [9.17, 15) is 20.4 Å². The number of benzene rings is 1. The molecule has 7 nitrogen and oxygen atoms in total. The van der Waals surface area contributed by atoms with Gasteiger partial charge in [-0.3, -0.25) is 0 Å². The molecule has 1 aliphatic heterocycles. The fourth-order valence-electron chi connectivity index (χ4n) is 1.91. The third-order valence-corrected chi connectivity index (χ3v) is 2.93. The van der Waals surface area contributed by atoms with Crippen LogP contribution in [0.25, 0.3) is 0 Å². The van der Waals surface area contributed by atoms with Gasteiger partial charge >= 0.3 is 0 Å². The van der Waals surface area contributed by atoms with Gasteiger partial charge in [-0.1, -0.05) is 6.07 Å². The van der Waals surface area contributed by atoms with Crippen molar-refractivity contribution in [3.8, 4) is 11.5 Å². The van der Waals surface area contributed by atoms with Crippen molar-refractivity contribution in [1.29, 1.82) is 0 Å². The lowest BCUT2D eigenvalue weighted by Crippen LogP contribution is -2.60. The maximum Gasteiger partial charge on any atom is 0.195 e. The number of ether oxygens (including phenoxy) is 2. The Kier molecular flexibility index (Phi) is 4.23. The highest BCUT2D eigenvalue weighted by Crippen LogP contribution is 2.26. The molecule has 0 unspecified atom stereocenters. The second-order valence-corrected chi connectivity index (χ2v) is 4.31. The number of aliphatic hydroxyl groups excluding tert-OH is 4. The van der Waals surface area contributed by atoms with Crippen LogP contribution in [-0.2, 0) is 4.74 Å². The lowest BCUT2D eigenvalue weighted by Gasteiger charge is -2.39. The quantitative estimate of drug-likeness (QED) is 0.457. The number of phenols is 1. The zero-order valence-electron chi connectivity index (χ0n) is 9.96. The van der Waals surface area contributed by atoms with Crippen molar-refractivity contribution in [2.75, 3.05) is 6.61 Å². The smallest absolute Gasteiger partial charge is 0.195 e. The molecule has 1 aromatic rings. The average molecular weight is 272 g/mol. The summed E-state index contributed by atoms with van der Waals surface area (Å²) in [6, 6.07) is 5.78. The lowest BCUT2D eigenvalue weighted by atomic mass is 9.99. The van der Waals surface area contributed by atoms with E-state index in [4.69, 9.17) is 14.6 Å². The van der Waals surface area contributed by atoms with E-state index in [-0.39, 0.29) is 11.5 Å². The number of hydrogen-bond donors (Lipinski definition) is 5. The summed E-state index contributed by atoms with van der Waals surface area (Å²) in [7, 11) is 0. The largest absolute Gasteiger partial charge is 0.508 e. The molecule has 1 saturated heterocycles. The van der Waals surface area contributed by atoms with Gasteiger partial charge in [0, 0.05) is 6.07 Å². The molecule has 0 aromatic heterocycles. The molecular weight excluding hydrogens is 256 g/mol. The predicted octanol–water partition coefficient (Wildman–Crippen LogP) is -1.43. The molecule has 0 radical (unpaired) electrons. The van der Waals surface area contributed by atoms with E-state index in [1.807, 2.05) is 0 Å². The summed E-state index contributed by atoms with van der Waals surface area (Å²) in [6.45, 7) is -0.534. The van der Waals surface area contributed by atoms with Crippen molar-refractivity contribution < 1.29 is 35.0 Å². The van der Waals surface area contributed by atoms with Crippen LogP contribution in [0.2, 0.25) is 0 Å². The van der Waals surface area contributed by atoms with E-state index in [0.717, 1.165) is 0 Å². The molecule has 0 amide bonds. The van der Waals surface area contributed by atoms with Gasteiger partial charge in [0.25, 0.3) is 0 Å². The summed E-state index contributed by atoms with van der Waals surface area (Å²) in [4.78, 5) is 0. The Hall–Kier alpha value is -1.38. The Labute approximate surface area is 109 Å². The van der Waals surface area contributed by atoms with Crippen molar-refractivity contribution in [2.24, 2.45) is 0 Å². The molecular formula is C12H16O7. The molecule has 0 saturated carbocycles. The van der Waals surface area contributed by atoms with Crippen LogP contribution in [0, 0.1) is 0 Å². The number of aromatic hydroxyl groups is 1. The van der Waals surface area contributed by atoms with Crippen molar-refractivity contribution in [2.45, 2.75) is 30.7 Å². The minimum atomic E-state index is -1.50. The van der Waals surface area contributed by atoms with Gasteiger partial charge in [0.1, 0.15) is 29.8 Å². The topological polar surface area (TPSA) is 120 Å². The summed E-state index contributed by atoms with van der Waals surface area (Å²) in [5, 5.41) is 47.4. The number of phenolic OH excluding ortho intramolecular Hbond substituents is 1. The normalized spacial score (nSPS) is 35.1. The van der Waals surface area contributed by atoms with E-state index in [1.54, 1.807) is 0 Å². The maximum absolute atomic E-state index is 9.85.